The molecule has 4 atom stereocenters. The van der Waals surface area contributed by atoms with Gasteiger partial charge in [-0.2, -0.15) is 0 Å². The van der Waals surface area contributed by atoms with Crippen LogP contribution >= 0.6 is 0 Å². The number of nitrogens with one attached hydrogen (secondary N) is 2. The number of likely N-dealkylation sites (tertiary alicyclic amines) is 2. The second-order valence-electron chi connectivity index (χ2n) is 15.2. The van der Waals surface area contributed by atoms with Crippen LogP contribution in [0.1, 0.15) is 98.0 Å². The zero-order valence-electron chi connectivity index (χ0n) is 27.0. The van der Waals surface area contributed by atoms with Gasteiger partial charge in [-0.25, -0.2) is 4.39 Å². The summed E-state index contributed by atoms with van der Waals surface area (Å²) in [5, 5.41) is 6.45. The Kier molecular flexibility index (Phi) is 9.55. The first-order chi connectivity index (χ1) is 20.4. The van der Waals surface area contributed by atoms with Crippen molar-refractivity contribution in [2.24, 2.45) is 23.2 Å². The van der Waals surface area contributed by atoms with Crippen molar-refractivity contribution in [2.45, 2.75) is 122 Å². The Morgan fingerprint density at radius 1 is 1.00 bits per heavy atom. The predicted octanol–water partition coefficient (Wildman–Crippen LogP) is 5.08. The van der Waals surface area contributed by atoms with Crippen LogP contribution in [0.2, 0.25) is 0 Å². The topological polar surface area (TPSA) is 81.8 Å². The SMILES string of the molecule is CC(C)N1C[C@@H]2C[C@H](C(=O)N[C@H](Cc3ccc(F)cc3)C(=O)N3CCC(C(=O)NC(C)(C)C)(C4CCCCC4)CC3)[C@H]1C2. The second-order valence-corrected chi connectivity index (χ2v) is 15.2. The first-order valence-electron chi connectivity index (χ1n) is 16.8. The van der Waals surface area contributed by atoms with E-state index in [1.54, 1.807) is 12.1 Å². The first-order valence-corrected chi connectivity index (χ1v) is 16.8. The van der Waals surface area contributed by atoms with E-state index in [9.17, 15) is 18.8 Å². The summed E-state index contributed by atoms with van der Waals surface area (Å²) in [6.45, 7) is 12.5. The number of piperidine rings is 2. The van der Waals surface area contributed by atoms with Gasteiger partial charge in [0.2, 0.25) is 17.7 Å². The summed E-state index contributed by atoms with van der Waals surface area (Å²) in [6.07, 6.45) is 9.15. The Hall–Kier alpha value is -2.48. The van der Waals surface area contributed by atoms with Crippen molar-refractivity contribution in [1.29, 1.82) is 0 Å². The van der Waals surface area contributed by atoms with E-state index in [0.29, 0.717) is 50.2 Å². The van der Waals surface area contributed by atoms with E-state index in [2.05, 4.69) is 29.4 Å². The summed E-state index contributed by atoms with van der Waals surface area (Å²) < 4.78 is 13.7. The van der Waals surface area contributed by atoms with Crippen LogP contribution in [0.3, 0.4) is 0 Å². The van der Waals surface area contributed by atoms with Gasteiger partial charge in [0.15, 0.2) is 0 Å². The number of benzene rings is 1. The Morgan fingerprint density at radius 2 is 1.65 bits per heavy atom. The maximum Gasteiger partial charge on any atom is 0.245 e. The van der Waals surface area contributed by atoms with Crippen molar-refractivity contribution >= 4 is 17.7 Å². The molecule has 7 nitrogen and oxygen atoms in total. The molecule has 0 aromatic heterocycles. The highest BCUT2D eigenvalue weighted by atomic mass is 19.1. The molecule has 2 aliphatic carbocycles. The number of hydrogen-bond donors (Lipinski definition) is 2. The highest BCUT2D eigenvalue weighted by Crippen LogP contribution is 2.47. The van der Waals surface area contributed by atoms with E-state index in [0.717, 1.165) is 50.6 Å². The Labute approximate surface area is 257 Å². The van der Waals surface area contributed by atoms with Crippen molar-refractivity contribution in [3.63, 3.8) is 0 Å². The third kappa shape index (κ3) is 7.10. The third-order valence-corrected chi connectivity index (χ3v) is 10.8. The van der Waals surface area contributed by atoms with Crippen LogP contribution in [0.15, 0.2) is 24.3 Å². The third-order valence-electron chi connectivity index (χ3n) is 10.8. The van der Waals surface area contributed by atoms with Crippen LogP contribution in [-0.2, 0) is 20.8 Å². The Morgan fingerprint density at radius 3 is 2.23 bits per heavy atom. The molecule has 0 unspecified atom stereocenters. The van der Waals surface area contributed by atoms with Crippen molar-refractivity contribution in [3.8, 4) is 0 Å². The van der Waals surface area contributed by atoms with E-state index in [-0.39, 0.29) is 41.0 Å². The summed E-state index contributed by atoms with van der Waals surface area (Å²) >= 11 is 0. The number of carbonyl (C=O) groups excluding carboxylic acids is 3. The Balaban J connectivity index is 1.32. The molecule has 3 amide bonds. The molecule has 1 aromatic carbocycles. The molecule has 0 spiro atoms. The predicted molar refractivity (Wildman–Crippen MR) is 167 cm³/mol. The number of amides is 3. The number of nitrogens with zero attached hydrogens (tertiary/aromatic N) is 2. The second kappa shape index (κ2) is 12.9. The molecule has 2 saturated heterocycles. The zero-order valence-corrected chi connectivity index (χ0v) is 27.0. The molecule has 4 fully saturated rings. The average molecular weight is 597 g/mol. The molecule has 4 aliphatic rings. The quantitative estimate of drug-likeness (QED) is 0.439. The minimum absolute atomic E-state index is 0.0450. The van der Waals surface area contributed by atoms with E-state index >= 15 is 0 Å². The van der Waals surface area contributed by atoms with Gasteiger partial charge in [0.05, 0.1) is 11.3 Å². The van der Waals surface area contributed by atoms with Crippen molar-refractivity contribution < 1.29 is 18.8 Å². The molecule has 2 bridgehead atoms. The van der Waals surface area contributed by atoms with Crippen LogP contribution < -0.4 is 10.6 Å². The van der Waals surface area contributed by atoms with Gasteiger partial charge in [-0.05, 0) is 103 Å². The number of carbonyl (C=O) groups is 3. The van der Waals surface area contributed by atoms with Gasteiger partial charge in [0.1, 0.15) is 11.9 Å². The normalized spacial score (nSPS) is 26.9. The van der Waals surface area contributed by atoms with Crippen LogP contribution in [-0.4, -0.2) is 70.8 Å². The average Bonchev–Trinajstić information content (AvgIpc) is 3.59. The van der Waals surface area contributed by atoms with Crippen LogP contribution in [0.4, 0.5) is 4.39 Å². The molecule has 238 valence electrons. The molecule has 2 heterocycles. The van der Waals surface area contributed by atoms with Gasteiger partial charge >= 0.3 is 0 Å². The standard InChI is InChI=1S/C35H53FN4O3/c1-23(2)40-22-25-19-28(30(40)21-25)31(41)37-29(20-24-11-13-27(36)14-12-24)32(42)39-17-15-35(16-18-39,26-9-7-6-8-10-26)33(43)38-34(3,4)5/h11-14,23,25-26,28-30H,6-10,15-22H2,1-5H3,(H,37,41)(H,38,43)/t25-,28+,29-,30-/m1/s1. The molecule has 2 N–H and O–H groups in total. The lowest BCUT2D eigenvalue weighted by Gasteiger charge is -2.48. The number of fused-ring (bicyclic) bond motifs is 2. The number of hydrogen-bond acceptors (Lipinski definition) is 4. The number of halogens is 1. The fourth-order valence-corrected chi connectivity index (χ4v) is 8.57. The lowest BCUT2D eigenvalue weighted by molar-refractivity contribution is -0.147. The molecular weight excluding hydrogens is 543 g/mol. The summed E-state index contributed by atoms with van der Waals surface area (Å²) in [6, 6.07) is 6.08. The van der Waals surface area contributed by atoms with Crippen molar-refractivity contribution in [2.75, 3.05) is 19.6 Å². The maximum atomic E-state index is 14.2. The molecule has 2 aliphatic heterocycles. The molecule has 43 heavy (non-hydrogen) atoms. The van der Waals surface area contributed by atoms with Crippen molar-refractivity contribution in [1.82, 2.24) is 20.4 Å². The van der Waals surface area contributed by atoms with Crippen LogP contribution in [0.25, 0.3) is 0 Å². The summed E-state index contributed by atoms with van der Waals surface area (Å²) in [7, 11) is 0. The van der Waals surface area contributed by atoms with E-state index in [1.807, 2.05) is 25.7 Å². The van der Waals surface area contributed by atoms with Gasteiger partial charge < -0.3 is 15.5 Å². The molecular formula is C35H53FN4O3. The largest absolute Gasteiger partial charge is 0.351 e. The highest BCUT2D eigenvalue weighted by molar-refractivity contribution is 5.90. The lowest BCUT2D eigenvalue weighted by Crippen LogP contribution is -2.59. The van der Waals surface area contributed by atoms with E-state index < -0.39 is 11.5 Å². The van der Waals surface area contributed by atoms with Gasteiger partial charge in [-0.1, -0.05) is 31.4 Å². The molecule has 2 saturated carbocycles. The minimum Gasteiger partial charge on any atom is -0.351 e. The van der Waals surface area contributed by atoms with Gasteiger partial charge in [-0.3, -0.25) is 19.3 Å². The van der Waals surface area contributed by atoms with Crippen molar-refractivity contribution in [3.05, 3.63) is 35.6 Å². The van der Waals surface area contributed by atoms with Crippen LogP contribution in [0.5, 0.6) is 0 Å². The summed E-state index contributed by atoms with van der Waals surface area (Å²) in [5.41, 5.74) is 0.0277. The minimum atomic E-state index is -0.727. The smallest absolute Gasteiger partial charge is 0.245 e. The zero-order chi connectivity index (χ0) is 30.9. The summed E-state index contributed by atoms with van der Waals surface area (Å²) in [5.74, 6) is 0.398. The van der Waals surface area contributed by atoms with Crippen LogP contribution in [0, 0.1) is 29.0 Å². The lowest BCUT2D eigenvalue weighted by atomic mass is 9.63. The Bertz CT molecular complexity index is 1150. The molecule has 1 aromatic rings. The van der Waals surface area contributed by atoms with Gasteiger partial charge in [0, 0.05) is 43.7 Å². The van der Waals surface area contributed by atoms with E-state index in [4.69, 9.17) is 0 Å². The first kappa shape index (κ1) is 31.9. The monoisotopic (exact) mass is 596 g/mol. The van der Waals surface area contributed by atoms with Gasteiger partial charge in [0.25, 0.3) is 0 Å². The van der Waals surface area contributed by atoms with Gasteiger partial charge in [-0.15, -0.1) is 0 Å². The maximum absolute atomic E-state index is 14.2. The summed E-state index contributed by atoms with van der Waals surface area (Å²) in [4.78, 5) is 46.1. The molecule has 5 rings (SSSR count). The fraction of sp³-hybridized carbons (Fsp3) is 0.743. The fourth-order valence-electron chi connectivity index (χ4n) is 8.57. The molecule has 0 radical (unpaired) electrons. The number of rotatable bonds is 8. The molecule has 8 heteroatoms. The van der Waals surface area contributed by atoms with E-state index in [1.165, 1.54) is 18.6 Å². The highest BCUT2D eigenvalue weighted by Gasteiger charge is 2.51.